The van der Waals surface area contributed by atoms with Gasteiger partial charge in [0.05, 0.1) is 0 Å². The van der Waals surface area contributed by atoms with Crippen LogP contribution in [0.5, 0.6) is 0 Å². The van der Waals surface area contributed by atoms with E-state index >= 15 is 0 Å². The molecule has 0 heterocycles. The summed E-state index contributed by atoms with van der Waals surface area (Å²) < 4.78 is 0. The van der Waals surface area contributed by atoms with E-state index in [4.69, 9.17) is 5.73 Å². The first-order chi connectivity index (χ1) is 7.82. The van der Waals surface area contributed by atoms with Crippen molar-refractivity contribution >= 4 is 5.91 Å². The Morgan fingerprint density at radius 1 is 1.12 bits per heavy atom. The van der Waals surface area contributed by atoms with Crippen LogP contribution in [-0.2, 0) is 4.79 Å². The van der Waals surface area contributed by atoms with Gasteiger partial charge in [-0.05, 0) is 56.9 Å². The van der Waals surface area contributed by atoms with Crippen molar-refractivity contribution in [2.45, 2.75) is 46.7 Å². The van der Waals surface area contributed by atoms with E-state index in [1.165, 1.54) is 11.1 Å². The number of carbonyl (C=O) groups is 1. The fourth-order valence-corrected chi connectivity index (χ4v) is 1.95. The summed E-state index contributed by atoms with van der Waals surface area (Å²) in [5.74, 6) is -0.329. The minimum Gasteiger partial charge on any atom is -0.368 e. The number of carbonyl (C=O) groups excluding carboxylic acids is 1. The molecule has 0 aliphatic heterocycles. The summed E-state index contributed by atoms with van der Waals surface area (Å²) in [5.41, 5.74) is 9.97. The maximum absolute atomic E-state index is 11.5. The quantitative estimate of drug-likeness (QED) is 0.838. The molecule has 3 nitrogen and oxygen atoms in total. The smallest absolute Gasteiger partial charge is 0.239 e. The molecule has 1 aromatic carbocycles. The predicted molar refractivity (Wildman–Crippen MR) is 70.9 cm³/mol. The van der Waals surface area contributed by atoms with Crippen molar-refractivity contribution in [3.05, 3.63) is 34.4 Å². The molecule has 0 radical (unpaired) electrons. The van der Waals surface area contributed by atoms with Crippen LogP contribution in [0.15, 0.2) is 12.1 Å². The fraction of sp³-hybridized carbons (Fsp3) is 0.500. The van der Waals surface area contributed by atoms with Gasteiger partial charge >= 0.3 is 0 Å². The Kier molecular flexibility index (Phi) is 4.29. The lowest BCUT2D eigenvalue weighted by Crippen LogP contribution is -2.37. The summed E-state index contributed by atoms with van der Waals surface area (Å²) in [6.45, 7) is 10.1. The highest BCUT2D eigenvalue weighted by Crippen LogP contribution is 2.22. The van der Waals surface area contributed by atoms with Crippen LogP contribution >= 0.6 is 0 Å². The Labute approximate surface area is 103 Å². The second kappa shape index (κ2) is 5.32. The molecular formula is C14H22N2O. The van der Waals surface area contributed by atoms with Gasteiger partial charge in [-0.25, -0.2) is 0 Å². The van der Waals surface area contributed by atoms with E-state index in [-0.39, 0.29) is 11.9 Å². The van der Waals surface area contributed by atoms with E-state index in [1.54, 1.807) is 0 Å². The van der Waals surface area contributed by atoms with Crippen LogP contribution in [0.3, 0.4) is 0 Å². The molecule has 0 saturated heterocycles. The molecule has 0 aliphatic carbocycles. The molecule has 1 aromatic rings. The largest absolute Gasteiger partial charge is 0.368 e. The number of primary amides is 1. The van der Waals surface area contributed by atoms with Gasteiger partial charge in [0, 0.05) is 6.04 Å². The Hall–Kier alpha value is -1.35. The molecular weight excluding hydrogens is 212 g/mol. The van der Waals surface area contributed by atoms with Crippen LogP contribution < -0.4 is 11.1 Å². The molecule has 17 heavy (non-hydrogen) atoms. The highest BCUT2D eigenvalue weighted by molar-refractivity contribution is 5.82. The standard InChI is InChI=1S/C14H22N2O/c1-8(2)16-13(14(15)17)12-7-10(4)9(3)6-11(12)5/h6-8,13,16H,1-5H3,(H2,15,17). The summed E-state index contributed by atoms with van der Waals surface area (Å²) in [7, 11) is 0. The van der Waals surface area contributed by atoms with Gasteiger partial charge in [0.15, 0.2) is 0 Å². The Balaban J connectivity index is 3.18. The Morgan fingerprint density at radius 3 is 2.12 bits per heavy atom. The number of hydrogen-bond acceptors (Lipinski definition) is 2. The third kappa shape index (κ3) is 3.30. The SMILES string of the molecule is Cc1cc(C)c(C(NC(C)C)C(N)=O)cc1C. The van der Waals surface area contributed by atoms with Crippen molar-refractivity contribution in [3.8, 4) is 0 Å². The van der Waals surface area contributed by atoms with E-state index in [2.05, 4.69) is 24.4 Å². The molecule has 94 valence electrons. The minimum absolute atomic E-state index is 0.216. The third-order valence-corrected chi connectivity index (χ3v) is 2.98. The summed E-state index contributed by atoms with van der Waals surface area (Å²) in [6, 6.07) is 3.96. The van der Waals surface area contributed by atoms with Gasteiger partial charge in [-0.2, -0.15) is 0 Å². The number of rotatable bonds is 4. The van der Waals surface area contributed by atoms with Gasteiger partial charge in [-0.3, -0.25) is 10.1 Å². The lowest BCUT2D eigenvalue weighted by Gasteiger charge is -2.21. The zero-order valence-electron chi connectivity index (χ0n) is 11.3. The molecule has 0 aliphatic rings. The van der Waals surface area contributed by atoms with E-state index in [9.17, 15) is 4.79 Å². The average Bonchev–Trinajstić information content (AvgIpc) is 2.20. The van der Waals surface area contributed by atoms with E-state index < -0.39 is 6.04 Å². The van der Waals surface area contributed by atoms with Crippen LogP contribution in [0.25, 0.3) is 0 Å². The van der Waals surface area contributed by atoms with Crippen molar-refractivity contribution in [1.82, 2.24) is 5.32 Å². The average molecular weight is 234 g/mol. The topological polar surface area (TPSA) is 55.1 Å². The number of benzene rings is 1. The number of nitrogens with two attached hydrogens (primary N) is 1. The molecule has 3 heteroatoms. The molecule has 0 fully saturated rings. The van der Waals surface area contributed by atoms with Crippen LogP contribution in [0.2, 0.25) is 0 Å². The highest BCUT2D eigenvalue weighted by atomic mass is 16.1. The highest BCUT2D eigenvalue weighted by Gasteiger charge is 2.20. The van der Waals surface area contributed by atoms with Gasteiger partial charge in [-0.15, -0.1) is 0 Å². The van der Waals surface area contributed by atoms with Gasteiger partial charge in [0.25, 0.3) is 0 Å². The van der Waals surface area contributed by atoms with Crippen LogP contribution in [-0.4, -0.2) is 11.9 Å². The summed E-state index contributed by atoms with van der Waals surface area (Å²) in [5, 5.41) is 3.21. The normalized spacial score (nSPS) is 12.8. The Bertz CT molecular complexity index is 424. The van der Waals surface area contributed by atoms with Crippen molar-refractivity contribution in [2.75, 3.05) is 0 Å². The van der Waals surface area contributed by atoms with Gasteiger partial charge in [-0.1, -0.05) is 12.1 Å². The summed E-state index contributed by atoms with van der Waals surface area (Å²) in [6.07, 6.45) is 0. The van der Waals surface area contributed by atoms with Crippen LogP contribution in [0, 0.1) is 20.8 Å². The fourth-order valence-electron chi connectivity index (χ4n) is 1.95. The Morgan fingerprint density at radius 2 is 1.65 bits per heavy atom. The van der Waals surface area contributed by atoms with Crippen molar-refractivity contribution in [1.29, 1.82) is 0 Å². The first kappa shape index (κ1) is 13.7. The second-order valence-corrected chi connectivity index (χ2v) is 4.95. The lowest BCUT2D eigenvalue weighted by molar-refractivity contribution is -0.120. The second-order valence-electron chi connectivity index (χ2n) is 4.95. The monoisotopic (exact) mass is 234 g/mol. The number of nitrogens with one attached hydrogen (secondary N) is 1. The number of hydrogen-bond donors (Lipinski definition) is 2. The molecule has 1 atom stereocenters. The summed E-state index contributed by atoms with van der Waals surface area (Å²) in [4.78, 5) is 11.5. The molecule has 0 bridgehead atoms. The van der Waals surface area contributed by atoms with E-state index in [0.717, 1.165) is 11.1 Å². The molecule has 0 spiro atoms. The molecule has 1 unspecified atom stereocenters. The van der Waals surface area contributed by atoms with Gasteiger partial charge in [0.1, 0.15) is 6.04 Å². The molecule has 0 saturated carbocycles. The maximum Gasteiger partial charge on any atom is 0.239 e. The summed E-state index contributed by atoms with van der Waals surface area (Å²) >= 11 is 0. The van der Waals surface area contributed by atoms with Crippen LogP contribution in [0.4, 0.5) is 0 Å². The first-order valence-corrected chi connectivity index (χ1v) is 5.96. The van der Waals surface area contributed by atoms with E-state index in [1.807, 2.05) is 27.7 Å². The van der Waals surface area contributed by atoms with Crippen molar-refractivity contribution in [3.63, 3.8) is 0 Å². The van der Waals surface area contributed by atoms with E-state index in [0.29, 0.717) is 0 Å². The zero-order valence-corrected chi connectivity index (χ0v) is 11.3. The van der Waals surface area contributed by atoms with Crippen LogP contribution in [0.1, 0.15) is 42.1 Å². The van der Waals surface area contributed by atoms with Gasteiger partial charge < -0.3 is 5.73 Å². The zero-order chi connectivity index (χ0) is 13.2. The van der Waals surface area contributed by atoms with Crippen molar-refractivity contribution in [2.24, 2.45) is 5.73 Å². The predicted octanol–water partition coefficient (Wildman–Crippen LogP) is 2.14. The van der Waals surface area contributed by atoms with Gasteiger partial charge in [0.2, 0.25) is 5.91 Å². The number of amides is 1. The molecule has 1 rings (SSSR count). The molecule has 0 aromatic heterocycles. The molecule has 3 N–H and O–H groups in total. The number of aryl methyl sites for hydroxylation is 3. The third-order valence-electron chi connectivity index (χ3n) is 2.98. The first-order valence-electron chi connectivity index (χ1n) is 5.96. The molecule has 1 amide bonds. The minimum atomic E-state index is -0.408. The lowest BCUT2D eigenvalue weighted by atomic mass is 9.95. The maximum atomic E-state index is 11.5. The van der Waals surface area contributed by atoms with Crippen molar-refractivity contribution < 1.29 is 4.79 Å².